The molecule has 0 N–H and O–H groups in total. The average molecular weight is 366 g/mol. The van der Waals surface area contributed by atoms with Crippen LogP contribution in [0.1, 0.15) is 16.7 Å². The summed E-state index contributed by atoms with van der Waals surface area (Å²) in [4.78, 5) is 17.3. The Balaban J connectivity index is 1.84. The maximum absolute atomic E-state index is 13.0. The fourth-order valence-corrected chi connectivity index (χ4v) is 3.08. The van der Waals surface area contributed by atoms with E-state index < -0.39 is 0 Å². The fraction of sp³-hybridized carbons (Fsp3) is 0.150. The van der Waals surface area contributed by atoms with Crippen molar-refractivity contribution >= 4 is 22.7 Å². The Labute approximate surface area is 154 Å². The smallest absolute Gasteiger partial charge is 0.267 e. The molecule has 5 nitrogen and oxygen atoms in total. The predicted molar refractivity (Wildman–Crippen MR) is 102 cm³/mol. The third kappa shape index (κ3) is 2.91. The molecule has 0 radical (unpaired) electrons. The number of halogens is 1. The zero-order chi connectivity index (χ0) is 18.3. The Hall–Kier alpha value is -2.92. The van der Waals surface area contributed by atoms with E-state index in [9.17, 15) is 4.79 Å². The van der Waals surface area contributed by atoms with Crippen LogP contribution in [0.3, 0.4) is 0 Å². The van der Waals surface area contributed by atoms with Gasteiger partial charge in [-0.2, -0.15) is 0 Å². The molecule has 2 aromatic heterocycles. The minimum absolute atomic E-state index is 0.179. The summed E-state index contributed by atoms with van der Waals surface area (Å²) < 4.78 is 6.84. The second kappa shape index (κ2) is 6.42. The standard InChI is InChI=1S/C20H16ClN3O2/c1-12-3-4-13(2)15(9-12)10-24-11-22-19-17(20(24)25)18(23-26-19)14-5-7-16(21)8-6-14/h3-9,11H,10H2,1-2H3. The minimum Gasteiger partial charge on any atom is -0.335 e. The van der Waals surface area contributed by atoms with Gasteiger partial charge in [-0.3, -0.25) is 9.36 Å². The maximum atomic E-state index is 13.0. The van der Waals surface area contributed by atoms with E-state index in [0.717, 1.165) is 22.3 Å². The van der Waals surface area contributed by atoms with Crippen LogP contribution in [0.25, 0.3) is 22.4 Å². The highest BCUT2D eigenvalue weighted by Crippen LogP contribution is 2.25. The summed E-state index contributed by atoms with van der Waals surface area (Å²) >= 11 is 5.94. The Morgan fingerprint density at radius 2 is 1.88 bits per heavy atom. The molecule has 6 heteroatoms. The summed E-state index contributed by atoms with van der Waals surface area (Å²) in [7, 11) is 0. The van der Waals surface area contributed by atoms with Crippen LogP contribution in [0, 0.1) is 13.8 Å². The number of fused-ring (bicyclic) bond motifs is 1. The maximum Gasteiger partial charge on any atom is 0.267 e. The molecule has 0 aliphatic rings. The third-order valence-electron chi connectivity index (χ3n) is 4.43. The van der Waals surface area contributed by atoms with Crippen molar-refractivity contribution in [3.05, 3.63) is 80.9 Å². The molecule has 0 bridgehead atoms. The highest BCUT2D eigenvalue weighted by molar-refractivity contribution is 6.30. The van der Waals surface area contributed by atoms with Gasteiger partial charge in [-0.1, -0.05) is 52.7 Å². The van der Waals surface area contributed by atoms with Gasteiger partial charge in [-0.25, -0.2) is 4.98 Å². The molecule has 0 fully saturated rings. The molecule has 2 heterocycles. The molecular weight excluding hydrogens is 350 g/mol. The number of aromatic nitrogens is 3. The molecule has 0 unspecified atom stereocenters. The summed E-state index contributed by atoms with van der Waals surface area (Å²) in [5.41, 5.74) is 4.66. The van der Waals surface area contributed by atoms with Crippen LogP contribution in [0.4, 0.5) is 0 Å². The van der Waals surface area contributed by atoms with Gasteiger partial charge in [0.25, 0.3) is 11.3 Å². The quantitative estimate of drug-likeness (QED) is 0.541. The van der Waals surface area contributed by atoms with Crippen molar-refractivity contribution in [3.8, 4) is 11.3 Å². The summed E-state index contributed by atoms with van der Waals surface area (Å²) in [6.07, 6.45) is 1.50. The molecule has 26 heavy (non-hydrogen) atoms. The van der Waals surface area contributed by atoms with E-state index in [2.05, 4.69) is 28.3 Å². The average Bonchev–Trinajstić information content (AvgIpc) is 3.06. The van der Waals surface area contributed by atoms with Gasteiger partial charge in [-0.05, 0) is 37.1 Å². The predicted octanol–water partition coefficient (Wildman–Crippen LogP) is 4.37. The zero-order valence-corrected chi connectivity index (χ0v) is 15.1. The second-order valence-corrected chi connectivity index (χ2v) is 6.76. The lowest BCUT2D eigenvalue weighted by atomic mass is 10.1. The monoisotopic (exact) mass is 365 g/mol. The molecule has 0 spiro atoms. The van der Waals surface area contributed by atoms with Crippen molar-refractivity contribution in [1.82, 2.24) is 14.7 Å². The van der Waals surface area contributed by atoms with Crippen molar-refractivity contribution in [3.63, 3.8) is 0 Å². The SMILES string of the molecule is Cc1ccc(C)c(Cn2cnc3onc(-c4ccc(Cl)cc4)c3c2=O)c1. The van der Waals surface area contributed by atoms with Gasteiger partial charge in [0.1, 0.15) is 17.4 Å². The van der Waals surface area contributed by atoms with Gasteiger partial charge in [-0.15, -0.1) is 0 Å². The number of hydrogen-bond donors (Lipinski definition) is 0. The van der Waals surface area contributed by atoms with Gasteiger partial charge in [0.2, 0.25) is 0 Å². The van der Waals surface area contributed by atoms with E-state index in [0.29, 0.717) is 22.6 Å². The van der Waals surface area contributed by atoms with Gasteiger partial charge >= 0.3 is 0 Å². The molecule has 2 aromatic carbocycles. The first-order valence-electron chi connectivity index (χ1n) is 8.20. The van der Waals surface area contributed by atoms with Crippen LogP contribution in [0.5, 0.6) is 0 Å². The normalized spacial score (nSPS) is 11.2. The van der Waals surface area contributed by atoms with E-state index in [4.69, 9.17) is 16.1 Å². The number of benzene rings is 2. The number of hydrogen-bond acceptors (Lipinski definition) is 4. The van der Waals surface area contributed by atoms with Crippen LogP contribution in [0.2, 0.25) is 5.02 Å². The van der Waals surface area contributed by atoms with Crippen LogP contribution in [-0.2, 0) is 6.54 Å². The summed E-state index contributed by atoms with van der Waals surface area (Å²) in [5.74, 6) is 0. The van der Waals surface area contributed by atoms with Crippen LogP contribution < -0.4 is 5.56 Å². The van der Waals surface area contributed by atoms with Crippen molar-refractivity contribution in [1.29, 1.82) is 0 Å². The lowest BCUT2D eigenvalue weighted by Gasteiger charge is -2.09. The zero-order valence-electron chi connectivity index (χ0n) is 14.4. The molecule has 0 saturated carbocycles. The lowest BCUT2D eigenvalue weighted by molar-refractivity contribution is 0.450. The number of aryl methyl sites for hydroxylation is 2. The Morgan fingerprint density at radius 1 is 1.12 bits per heavy atom. The minimum atomic E-state index is -0.179. The Bertz CT molecular complexity index is 1160. The van der Waals surface area contributed by atoms with Gasteiger partial charge < -0.3 is 4.52 Å². The molecule has 0 aliphatic carbocycles. The van der Waals surface area contributed by atoms with Gasteiger partial charge in [0, 0.05) is 10.6 Å². The highest BCUT2D eigenvalue weighted by atomic mass is 35.5. The largest absolute Gasteiger partial charge is 0.335 e. The topological polar surface area (TPSA) is 60.9 Å². The third-order valence-corrected chi connectivity index (χ3v) is 4.68. The van der Waals surface area contributed by atoms with E-state index >= 15 is 0 Å². The first kappa shape index (κ1) is 16.5. The van der Waals surface area contributed by atoms with Crippen molar-refractivity contribution in [2.75, 3.05) is 0 Å². The summed E-state index contributed by atoms with van der Waals surface area (Å²) in [6, 6.07) is 13.3. The van der Waals surface area contributed by atoms with E-state index in [1.54, 1.807) is 28.8 Å². The lowest BCUT2D eigenvalue weighted by Crippen LogP contribution is -2.21. The number of nitrogens with zero attached hydrogens (tertiary/aromatic N) is 3. The summed E-state index contributed by atoms with van der Waals surface area (Å²) in [6.45, 7) is 4.51. The fourth-order valence-electron chi connectivity index (χ4n) is 2.95. The molecule has 0 atom stereocenters. The highest BCUT2D eigenvalue weighted by Gasteiger charge is 2.17. The molecule has 0 saturated heterocycles. The van der Waals surface area contributed by atoms with E-state index in [1.165, 1.54) is 6.33 Å². The van der Waals surface area contributed by atoms with E-state index in [1.807, 2.05) is 13.8 Å². The first-order valence-corrected chi connectivity index (χ1v) is 8.57. The first-order chi connectivity index (χ1) is 12.5. The Kier molecular flexibility index (Phi) is 4.09. The van der Waals surface area contributed by atoms with Gasteiger partial charge in [0.15, 0.2) is 0 Å². The second-order valence-electron chi connectivity index (χ2n) is 6.33. The molecule has 4 rings (SSSR count). The molecular formula is C20H16ClN3O2. The Morgan fingerprint density at radius 3 is 2.65 bits per heavy atom. The van der Waals surface area contributed by atoms with Crippen LogP contribution in [-0.4, -0.2) is 14.7 Å². The molecule has 130 valence electrons. The molecule has 0 aliphatic heterocycles. The van der Waals surface area contributed by atoms with Crippen molar-refractivity contribution in [2.24, 2.45) is 0 Å². The molecule has 0 amide bonds. The van der Waals surface area contributed by atoms with Crippen molar-refractivity contribution < 1.29 is 4.52 Å². The van der Waals surface area contributed by atoms with Crippen LogP contribution in [0.15, 0.2) is 58.1 Å². The summed E-state index contributed by atoms with van der Waals surface area (Å²) in [5, 5.41) is 5.03. The molecule has 4 aromatic rings. The van der Waals surface area contributed by atoms with Crippen molar-refractivity contribution in [2.45, 2.75) is 20.4 Å². The number of rotatable bonds is 3. The van der Waals surface area contributed by atoms with E-state index in [-0.39, 0.29) is 11.3 Å². The van der Waals surface area contributed by atoms with Crippen LogP contribution >= 0.6 is 11.6 Å². The van der Waals surface area contributed by atoms with Gasteiger partial charge in [0.05, 0.1) is 6.54 Å².